The average molecular weight is 1660 g/mol. The summed E-state index contributed by atoms with van der Waals surface area (Å²) in [7, 11) is -5.22. The predicted molar refractivity (Wildman–Crippen MR) is 453 cm³/mol. The Morgan fingerprint density at radius 3 is 1.30 bits per heavy atom. The maximum atomic E-state index is 12.2. The van der Waals surface area contributed by atoms with Gasteiger partial charge in [0.1, 0.15) is 38.6 Å². The first-order chi connectivity index (χ1) is 51.1. The van der Waals surface area contributed by atoms with Gasteiger partial charge in [-0.15, -0.1) is 0 Å². The molecule has 0 bridgehead atoms. The number of hydrogen-bond donors (Lipinski definition) is 0. The highest BCUT2D eigenvalue weighted by atomic mass is 127. The van der Waals surface area contributed by atoms with Crippen molar-refractivity contribution in [2.75, 3.05) is 76.4 Å². The van der Waals surface area contributed by atoms with E-state index in [1.165, 1.54) is 0 Å². The van der Waals surface area contributed by atoms with E-state index in [0.717, 1.165) is 168 Å². The molecule has 11 rings (SSSR count). The molecule has 1 saturated heterocycles. The van der Waals surface area contributed by atoms with Crippen LogP contribution >= 0.6 is 22.6 Å². The molecule has 0 radical (unpaired) electrons. The maximum Gasteiger partial charge on any atom is 0.498 e. The van der Waals surface area contributed by atoms with Crippen molar-refractivity contribution in [2.45, 2.75) is 232 Å². The third kappa shape index (κ3) is 25.8. The van der Waals surface area contributed by atoms with E-state index < -0.39 is 32.3 Å². The van der Waals surface area contributed by atoms with E-state index in [4.69, 9.17) is 52.8 Å². The van der Waals surface area contributed by atoms with E-state index >= 15 is 0 Å². The quantitative estimate of drug-likeness (QED) is 0.0121. The van der Waals surface area contributed by atoms with E-state index in [-0.39, 0.29) is 36.2 Å². The van der Waals surface area contributed by atoms with Crippen molar-refractivity contribution in [2.24, 2.45) is 11.8 Å². The van der Waals surface area contributed by atoms with Crippen LogP contribution in [-0.4, -0.2) is 178 Å². The molecule has 108 heavy (non-hydrogen) atoms. The normalized spacial score (nSPS) is 18.2. The van der Waals surface area contributed by atoms with Crippen molar-refractivity contribution in [1.29, 1.82) is 0 Å². The highest BCUT2D eigenvalue weighted by molar-refractivity contribution is 14.1. The summed E-state index contributed by atoms with van der Waals surface area (Å²) in [6, 6.07) is 29.0. The fraction of sp³-hybridized carbons (Fsp3) is 0.600. The molecule has 3 aliphatic rings. The number of para-hydroxylation sites is 2. The molecule has 0 spiro atoms. The van der Waals surface area contributed by atoms with Crippen molar-refractivity contribution < 1.29 is 47.3 Å². The highest BCUT2D eigenvalue weighted by Crippen LogP contribution is 2.41. The summed E-state index contributed by atoms with van der Waals surface area (Å²) in [5.41, 5.74) is 8.01. The Labute approximate surface area is 661 Å². The number of hydrogen-bond acceptors (Lipinski definition) is 18. The minimum atomic E-state index is -1.25. The Balaban J connectivity index is 0.000000202. The topological polar surface area (TPSA) is 210 Å². The fourth-order valence-corrected chi connectivity index (χ4v) is 16.6. The molecular formula is C80H124BIN12O10Si4. The monoisotopic (exact) mass is 1660 g/mol. The van der Waals surface area contributed by atoms with Gasteiger partial charge in [-0.25, -0.2) is 19.3 Å². The second-order valence-corrected chi connectivity index (χ2v) is 58.8. The summed E-state index contributed by atoms with van der Waals surface area (Å²) in [6.45, 7) is 46.0. The molecule has 8 aromatic rings. The minimum absolute atomic E-state index is 0.0736. The molecule has 0 unspecified atom stereocenters. The molecule has 0 amide bonds. The maximum absolute atomic E-state index is 12.2. The van der Waals surface area contributed by atoms with Gasteiger partial charge in [0.2, 0.25) is 0 Å². The standard InChI is InChI=1S/C37H56N6O4Si2.C28H49IN4O4Si2.C15H19BN2O2/c1-8-47-36(44)22-29-14-16-30(17-15-29)34-23-35(41(27-45-18-20-48(2,3)4)28-46-19-21-49(5,6)7)43-37(40-34)33(25-39-43)31-24-38-42(26-31)32-12-10-9-11-13-32;1-8-37-27(34)17-22-9-11-23(12-10-22)25-18-26(33-28(31-25)24(29)19-30-33)32(20-35-13-15-38(2,3)4)21-36-14-16-39(5,6)7;1-14(2)15(3,4)20-16(19-14)12-10-17-18(11-12)13-8-6-5-7-9-13/h9-13,23-26,29-30H,8,14-22,27-28H2,1-7H3;18-19,22-23H,8-17,20-21H2,1-7H3;5-11H,1-4H3. The summed E-state index contributed by atoms with van der Waals surface area (Å²) in [5.74, 6) is 3.10. The van der Waals surface area contributed by atoms with Gasteiger partial charge in [0.15, 0.2) is 11.3 Å². The molecule has 22 nitrogen and oxygen atoms in total. The van der Waals surface area contributed by atoms with Crippen molar-refractivity contribution in [1.82, 2.24) is 48.8 Å². The summed E-state index contributed by atoms with van der Waals surface area (Å²) in [4.78, 5) is 38.9. The van der Waals surface area contributed by atoms with Crippen LogP contribution in [0.25, 0.3) is 33.8 Å². The lowest BCUT2D eigenvalue weighted by Gasteiger charge is -2.32. The van der Waals surface area contributed by atoms with E-state index in [1.807, 2.05) is 124 Å². The number of halogens is 1. The third-order valence-corrected chi connectivity index (χ3v) is 28.2. The number of anilines is 2. The second kappa shape index (κ2) is 39.0. The first-order valence-corrected chi connectivity index (χ1v) is 55.2. The van der Waals surface area contributed by atoms with Gasteiger partial charge in [0.05, 0.1) is 58.0 Å². The van der Waals surface area contributed by atoms with Gasteiger partial charge >= 0.3 is 19.1 Å². The van der Waals surface area contributed by atoms with Gasteiger partial charge in [0.25, 0.3) is 0 Å². The Morgan fingerprint density at radius 1 is 0.509 bits per heavy atom. The number of fused-ring (bicyclic) bond motifs is 2. The highest BCUT2D eigenvalue weighted by Gasteiger charge is 2.52. The summed E-state index contributed by atoms with van der Waals surface area (Å²) in [6.07, 6.45) is 20.5. The SMILES string of the molecule is CC1(C)OB(c2cnn(-c3ccccc3)c2)OC1(C)C.CCOC(=O)CC1CCC(c2cc(N(COCC[Si](C)(C)C)COCC[Si](C)(C)C)n3ncc(-c4cnn(-c5ccccc5)c4)c3n2)CC1.CCOC(=O)CC1CCC(c2cc(N(COCC[Si](C)(C)C)COCC[Si](C)(C)C)n3ncc(I)c3n2)CC1. The average Bonchev–Trinajstić information content (AvgIpc) is 1.61. The van der Waals surface area contributed by atoms with Crippen molar-refractivity contribution in [3.8, 4) is 22.5 Å². The van der Waals surface area contributed by atoms with E-state index in [2.05, 4.69) is 166 Å². The van der Waals surface area contributed by atoms with Crippen LogP contribution in [-0.2, 0) is 47.3 Å². The van der Waals surface area contributed by atoms with E-state index in [9.17, 15) is 9.59 Å². The van der Waals surface area contributed by atoms with Crippen LogP contribution in [0.3, 0.4) is 0 Å². The summed E-state index contributed by atoms with van der Waals surface area (Å²) in [5, 5.41) is 18.6. The van der Waals surface area contributed by atoms with Gasteiger partial charge in [0, 0.05) is 142 Å². The van der Waals surface area contributed by atoms with Crippen LogP contribution in [0.2, 0.25) is 103 Å². The van der Waals surface area contributed by atoms with Crippen LogP contribution in [0.15, 0.2) is 110 Å². The lowest BCUT2D eigenvalue weighted by Crippen LogP contribution is -2.41. The van der Waals surface area contributed by atoms with Crippen molar-refractivity contribution >= 4 is 102 Å². The van der Waals surface area contributed by atoms with Gasteiger partial charge in [-0.3, -0.25) is 9.59 Å². The zero-order valence-electron chi connectivity index (χ0n) is 68.1. The van der Waals surface area contributed by atoms with Crippen LogP contribution in [0.1, 0.15) is 129 Å². The molecule has 2 aliphatic carbocycles. The Morgan fingerprint density at radius 2 is 0.889 bits per heavy atom. The number of nitrogens with zero attached hydrogens (tertiary/aromatic N) is 12. The first kappa shape index (κ1) is 86.1. The summed E-state index contributed by atoms with van der Waals surface area (Å²) < 4.78 is 56.2. The van der Waals surface area contributed by atoms with Gasteiger partial charge in [-0.2, -0.15) is 29.4 Å². The molecule has 7 heterocycles. The summed E-state index contributed by atoms with van der Waals surface area (Å²) >= 11 is 2.32. The Bertz CT molecular complexity index is 4040. The smallest absolute Gasteiger partial charge is 0.466 e. The minimum Gasteiger partial charge on any atom is -0.466 e. The molecule has 590 valence electrons. The molecule has 2 saturated carbocycles. The van der Waals surface area contributed by atoms with Gasteiger partial charge in [-0.1, -0.05) is 115 Å². The van der Waals surface area contributed by atoms with Crippen LogP contribution in [0.4, 0.5) is 11.6 Å². The number of rotatable bonds is 34. The fourth-order valence-electron chi connectivity index (χ4n) is 13.1. The predicted octanol–water partition coefficient (Wildman–Crippen LogP) is 17.4. The molecule has 28 heteroatoms. The number of carbonyl (C=O) groups excluding carboxylic acids is 2. The number of carbonyl (C=O) groups is 2. The lowest BCUT2D eigenvalue weighted by atomic mass is 9.79. The molecule has 6 aromatic heterocycles. The molecule has 1 aliphatic heterocycles. The first-order valence-electron chi connectivity index (χ1n) is 39.3. The molecule has 3 fully saturated rings. The zero-order chi connectivity index (χ0) is 78.0. The van der Waals surface area contributed by atoms with Crippen LogP contribution < -0.4 is 15.3 Å². The van der Waals surface area contributed by atoms with E-state index in [0.29, 0.717) is 70.7 Å². The van der Waals surface area contributed by atoms with Crippen LogP contribution in [0.5, 0.6) is 0 Å². The third-order valence-electron chi connectivity index (χ3n) is 20.6. The second-order valence-electron chi connectivity index (χ2n) is 35.2. The molecular weight excluding hydrogens is 1540 g/mol. The number of aromatic nitrogens is 10. The van der Waals surface area contributed by atoms with Crippen molar-refractivity contribution in [3.05, 3.63) is 125 Å². The molecule has 2 aromatic carbocycles. The van der Waals surface area contributed by atoms with Gasteiger partial charge < -0.3 is 47.5 Å². The Hall–Kier alpha value is -5.94. The van der Waals surface area contributed by atoms with Gasteiger partial charge in [-0.05, 0) is 176 Å². The van der Waals surface area contributed by atoms with E-state index in [1.54, 1.807) is 6.20 Å². The molecule has 0 atom stereocenters. The zero-order valence-corrected chi connectivity index (χ0v) is 74.2. The van der Waals surface area contributed by atoms with Crippen LogP contribution in [0, 0.1) is 15.4 Å². The number of esters is 2. The lowest BCUT2D eigenvalue weighted by molar-refractivity contribution is -0.145. The largest absolute Gasteiger partial charge is 0.498 e. The Kier molecular flexibility index (Phi) is 31.1. The number of benzene rings is 2. The number of ether oxygens (including phenoxy) is 6. The van der Waals surface area contributed by atoms with Crippen molar-refractivity contribution in [3.63, 3.8) is 0 Å². The molecule has 0 N–H and O–H groups in total.